The van der Waals surface area contributed by atoms with Crippen LogP contribution in [0, 0.1) is 0 Å². The van der Waals surface area contributed by atoms with Crippen molar-refractivity contribution < 1.29 is 23.7 Å². The Labute approximate surface area is 386 Å². The summed E-state index contributed by atoms with van der Waals surface area (Å²) in [6, 6.07) is 7.92. The number of Topliss-reactive ketones (excluding diaryl/α,β-unsaturated/α-hetero) is 1. The fraction of sp³-hybridized carbons (Fsp3) is 0.571. The number of methoxy groups -OCH3 is 2. The van der Waals surface area contributed by atoms with Gasteiger partial charge in [-0.1, -0.05) is 0 Å². The number of hydrogen-bond acceptors (Lipinski definition) is 15. The summed E-state index contributed by atoms with van der Waals surface area (Å²) < 4.78 is 23.5. The number of aromatic nitrogens is 6. The van der Waals surface area contributed by atoms with Gasteiger partial charge in [-0.15, -0.1) is 0 Å². The molecule has 0 aliphatic carbocycles. The van der Waals surface area contributed by atoms with Gasteiger partial charge < -0.3 is 38.7 Å². The maximum absolute atomic E-state index is 15.9. The Hall–Kier alpha value is -4.85. The van der Waals surface area contributed by atoms with E-state index in [9.17, 15) is 0 Å². The summed E-state index contributed by atoms with van der Waals surface area (Å²) in [5.74, 6) is 0.319. The lowest BCUT2D eigenvalue weighted by molar-refractivity contribution is -0.135. The molecule has 10 rings (SSSR count). The van der Waals surface area contributed by atoms with Gasteiger partial charge in [-0.3, -0.25) is 34.4 Å². The number of pyridine rings is 4. The van der Waals surface area contributed by atoms with Crippen LogP contribution in [0.1, 0.15) is 25.7 Å². The third-order valence-corrected chi connectivity index (χ3v) is 14.5. The van der Waals surface area contributed by atoms with Gasteiger partial charge >= 0.3 is 0 Å². The summed E-state index contributed by atoms with van der Waals surface area (Å²) >= 11 is 0. The second-order valence-corrected chi connectivity index (χ2v) is 18.4. The van der Waals surface area contributed by atoms with Crippen molar-refractivity contribution in [1.82, 2.24) is 49.5 Å². The molecule has 17 nitrogen and oxygen atoms in total. The minimum Gasteiger partial charge on any atom is -0.382 e. The van der Waals surface area contributed by atoms with Gasteiger partial charge in [0.2, 0.25) is 0 Å². The normalized spacial score (nSPS) is 22.0. The molecule has 0 bridgehead atoms. The third-order valence-electron chi connectivity index (χ3n) is 14.5. The molecule has 4 aliphatic heterocycles. The van der Waals surface area contributed by atoms with Crippen LogP contribution < -0.4 is 9.80 Å². The van der Waals surface area contributed by atoms with Crippen molar-refractivity contribution >= 4 is 61.0 Å². The monoisotopic (exact) mass is 903 g/mol. The number of carbonyl (C=O) groups is 1. The van der Waals surface area contributed by atoms with Crippen molar-refractivity contribution in [3.8, 4) is 0 Å². The number of piperazine rings is 2. The van der Waals surface area contributed by atoms with E-state index in [4.69, 9.17) is 18.9 Å². The summed E-state index contributed by atoms with van der Waals surface area (Å²) in [6.07, 6.45) is 15.5. The molecule has 2 N–H and O–H groups in total. The van der Waals surface area contributed by atoms with Gasteiger partial charge in [0.25, 0.3) is 0 Å². The molecule has 66 heavy (non-hydrogen) atoms. The van der Waals surface area contributed by atoms with Crippen LogP contribution in [0.2, 0.25) is 0 Å². The van der Waals surface area contributed by atoms with Crippen LogP contribution in [0.3, 0.4) is 0 Å². The van der Waals surface area contributed by atoms with Gasteiger partial charge in [-0.25, -0.2) is 9.97 Å². The lowest BCUT2D eigenvalue weighted by atomic mass is 9.95. The highest BCUT2D eigenvalue weighted by Crippen LogP contribution is 2.34. The van der Waals surface area contributed by atoms with Crippen molar-refractivity contribution in [3.63, 3.8) is 0 Å². The van der Waals surface area contributed by atoms with Crippen LogP contribution in [-0.4, -0.2) is 212 Å². The SMILES string of the molecule is COCCOC1CCCN(C(CN2CCN(c3ccnc4cnc5[nH]ccc5c34)CC2)C(=O)C(CN2CCN(c3ccnc4cnc5[nH]ccc5c34)CC2)N2CCCC(OCCOC)C2)C1. The summed E-state index contributed by atoms with van der Waals surface area (Å²) in [4.78, 5) is 56.0. The van der Waals surface area contributed by atoms with Gasteiger partial charge in [0.1, 0.15) is 11.3 Å². The Morgan fingerprint density at radius 3 is 1.50 bits per heavy atom. The number of H-pyrrole nitrogens is 2. The van der Waals surface area contributed by atoms with E-state index in [1.807, 2.05) is 37.2 Å². The van der Waals surface area contributed by atoms with Crippen LogP contribution in [-0.2, 0) is 23.7 Å². The lowest BCUT2D eigenvalue weighted by Crippen LogP contribution is -2.63. The molecule has 0 spiro atoms. The highest BCUT2D eigenvalue weighted by atomic mass is 16.5. The number of ether oxygens (including phenoxy) is 4. The number of likely N-dealkylation sites (tertiary alicyclic amines) is 2. The number of ketones is 1. The Morgan fingerprint density at radius 2 is 1.06 bits per heavy atom. The van der Waals surface area contributed by atoms with E-state index in [0.717, 1.165) is 148 Å². The van der Waals surface area contributed by atoms with E-state index in [2.05, 4.69) is 83.6 Å². The summed E-state index contributed by atoms with van der Waals surface area (Å²) in [5.41, 5.74) is 5.92. The molecule has 6 aromatic rings. The maximum Gasteiger partial charge on any atom is 0.169 e. The number of carbonyl (C=O) groups excluding carboxylic acids is 1. The van der Waals surface area contributed by atoms with Crippen molar-refractivity contribution in [2.75, 3.05) is 142 Å². The molecule has 0 amide bonds. The lowest BCUT2D eigenvalue weighted by Gasteiger charge is -2.46. The number of hydrogen-bond donors (Lipinski definition) is 2. The molecular formula is C49H66N12O5. The summed E-state index contributed by atoms with van der Waals surface area (Å²) in [5, 5.41) is 4.46. The van der Waals surface area contributed by atoms with Crippen molar-refractivity contribution in [2.24, 2.45) is 0 Å². The number of rotatable bonds is 18. The molecule has 4 fully saturated rings. The predicted octanol–water partition coefficient (Wildman–Crippen LogP) is 4.04. The molecular weight excluding hydrogens is 837 g/mol. The number of fused-ring (bicyclic) bond motifs is 6. The van der Waals surface area contributed by atoms with Crippen LogP contribution in [0.15, 0.2) is 61.4 Å². The van der Waals surface area contributed by atoms with Crippen LogP contribution in [0.5, 0.6) is 0 Å². The van der Waals surface area contributed by atoms with Crippen LogP contribution >= 0.6 is 0 Å². The highest BCUT2D eigenvalue weighted by molar-refractivity contribution is 6.11. The van der Waals surface area contributed by atoms with Crippen molar-refractivity contribution in [3.05, 3.63) is 61.4 Å². The smallest absolute Gasteiger partial charge is 0.169 e. The topological polar surface area (TPSA) is 157 Å². The largest absolute Gasteiger partial charge is 0.382 e. The zero-order valence-electron chi connectivity index (χ0n) is 38.7. The first-order valence-electron chi connectivity index (χ1n) is 24.1. The van der Waals surface area contributed by atoms with E-state index < -0.39 is 0 Å². The third kappa shape index (κ3) is 9.76. The second kappa shape index (κ2) is 21.0. The molecule has 352 valence electrons. The van der Waals surface area contributed by atoms with E-state index in [0.29, 0.717) is 45.3 Å². The highest BCUT2D eigenvalue weighted by Gasteiger charge is 2.41. The molecule has 4 atom stereocenters. The number of nitrogens with one attached hydrogen (secondary N) is 2. The molecule has 10 heterocycles. The first-order chi connectivity index (χ1) is 32.5. The quantitative estimate of drug-likeness (QED) is 0.119. The zero-order valence-corrected chi connectivity index (χ0v) is 38.7. The first kappa shape index (κ1) is 45.0. The van der Waals surface area contributed by atoms with E-state index in [1.165, 1.54) is 11.4 Å². The average Bonchev–Trinajstić information content (AvgIpc) is 4.06. The maximum atomic E-state index is 15.9. The number of anilines is 2. The van der Waals surface area contributed by atoms with E-state index in [-0.39, 0.29) is 24.3 Å². The Bertz CT molecular complexity index is 2360. The second-order valence-electron chi connectivity index (χ2n) is 18.4. The fourth-order valence-corrected chi connectivity index (χ4v) is 11.0. The van der Waals surface area contributed by atoms with Gasteiger partial charge in [-0.05, 0) is 63.0 Å². The van der Waals surface area contributed by atoms with Crippen molar-refractivity contribution in [1.29, 1.82) is 0 Å². The van der Waals surface area contributed by atoms with E-state index in [1.54, 1.807) is 14.2 Å². The summed E-state index contributed by atoms with van der Waals surface area (Å²) in [6.45, 7) is 13.7. The Morgan fingerprint density at radius 1 is 0.606 bits per heavy atom. The molecule has 4 aliphatic rings. The van der Waals surface area contributed by atoms with E-state index >= 15 is 4.79 Å². The molecule has 6 aromatic heterocycles. The number of nitrogens with zero attached hydrogens (tertiary/aromatic N) is 10. The summed E-state index contributed by atoms with van der Waals surface area (Å²) in [7, 11) is 3.43. The number of aromatic amines is 2. The number of piperidine rings is 2. The zero-order chi connectivity index (χ0) is 44.8. The Kier molecular flexibility index (Phi) is 14.3. The average molecular weight is 903 g/mol. The molecule has 4 saturated heterocycles. The van der Waals surface area contributed by atoms with Gasteiger partial charge in [0.15, 0.2) is 5.78 Å². The molecule has 17 heteroatoms. The van der Waals surface area contributed by atoms with Crippen LogP contribution in [0.4, 0.5) is 11.4 Å². The molecule has 0 radical (unpaired) electrons. The standard InChI is InChI=1S/C49H66N12O5/c1-63-25-27-65-35-5-3-15-60(31-35)43(33-56-17-21-58(22-18-56)41-9-13-50-39-29-54-48-37(45(39)41)7-11-52-48)47(62)44(61-16-4-6-36(32-61)66-28-26-64-2)34-57-19-23-59(24-20-57)42-10-14-51-40-30-55-49-38(46(40)42)8-12-53-49/h7-14,29-30,35-36,43-44H,3-6,15-28,31-34H2,1-2H3,(H,52,54)(H,53,55). The van der Waals surface area contributed by atoms with Crippen molar-refractivity contribution in [2.45, 2.75) is 50.0 Å². The van der Waals surface area contributed by atoms with Crippen LogP contribution in [0.25, 0.3) is 43.9 Å². The minimum absolute atomic E-state index is 0.0633. The molecule has 4 unspecified atom stereocenters. The molecule has 0 aromatic carbocycles. The Balaban J connectivity index is 0.894. The fourth-order valence-electron chi connectivity index (χ4n) is 11.0. The van der Waals surface area contributed by atoms with Gasteiger partial charge in [-0.2, -0.15) is 0 Å². The molecule has 0 saturated carbocycles. The van der Waals surface area contributed by atoms with Gasteiger partial charge in [0.05, 0.1) is 74.1 Å². The first-order valence-corrected chi connectivity index (χ1v) is 24.1. The van der Waals surface area contributed by atoms with Gasteiger partial charge in [0, 0.05) is 150 Å². The minimum atomic E-state index is -0.278. The predicted molar refractivity (Wildman–Crippen MR) is 258 cm³/mol.